The Bertz CT molecular complexity index is 829. The minimum absolute atomic E-state index is 0.0128. The van der Waals surface area contributed by atoms with Crippen LogP contribution in [0.2, 0.25) is 0 Å². The van der Waals surface area contributed by atoms with E-state index < -0.39 is 0 Å². The van der Waals surface area contributed by atoms with Crippen molar-refractivity contribution < 1.29 is 14.3 Å². The van der Waals surface area contributed by atoms with Gasteiger partial charge in [0.25, 0.3) is 5.91 Å². The molecule has 1 heterocycles. The van der Waals surface area contributed by atoms with Gasteiger partial charge < -0.3 is 15.4 Å². The monoisotopic (exact) mass is 401 g/mol. The van der Waals surface area contributed by atoms with Crippen molar-refractivity contribution in [3.63, 3.8) is 0 Å². The lowest BCUT2D eigenvalue weighted by Crippen LogP contribution is -2.52. The van der Waals surface area contributed by atoms with Crippen LogP contribution in [0, 0.1) is 13.8 Å². The predicted molar refractivity (Wildman–Crippen MR) is 110 cm³/mol. The van der Waals surface area contributed by atoms with E-state index in [1.165, 1.54) is 18.3 Å². The zero-order chi connectivity index (χ0) is 20.1. The van der Waals surface area contributed by atoms with Crippen LogP contribution in [0.15, 0.2) is 23.6 Å². The lowest BCUT2D eigenvalue weighted by Gasteiger charge is -2.32. The molecule has 1 aromatic carbocycles. The highest BCUT2D eigenvalue weighted by Gasteiger charge is 2.28. The number of nitrogens with one attached hydrogen (secondary N) is 2. The molecule has 0 spiro atoms. The third kappa shape index (κ3) is 5.55. The molecular formula is C21H27N3O3S. The van der Waals surface area contributed by atoms with E-state index in [1.807, 2.05) is 26.0 Å². The molecule has 2 aromatic rings. The van der Waals surface area contributed by atoms with Gasteiger partial charge >= 0.3 is 0 Å². The van der Waals surface area contributed by atoms with E-state index in [2.05, 4.69) is 21.7 Å². The fourth-order valence-corrected chi connectivity index (χ4v) is 4.31. The molecular weight excluding hydrogens is 374 g/mol. The Morgan fingerprint density at radius 2 is 1.75 bits per heavy atom. The molecule has 1 aliphatic rings. The number of carbonyl (C=O) groups excluding carboxylic acids is 2. The van der Waals surface area contributed by atoms with Crippen LogP contribution in [0.5, 0.6) is 5.75 Å². The summed E-state index contributed by atoms with van der Waals surface area (Å²) in [6.07, 6.45) is 3.86. The third-order valence-electron chi connectivity index (χ3n) is 4.81. The number of carbonyl (C=O) groups is 2. The maximum Gasteiger partial charge on any atom is 0.271 e. The maximum atomic E-state index is 12.6. The number of thiazole rings is 1. The average molecular weight is 402 g/mol. The number of benzene rings is 1. The summed E-state index contributed by atoms with van der Waals surface area (Å²) >= 11 is 1.41. The van der Waals surface area contributed by atoms with Crippen molar-refractivity contribution in [1.82, 2.24) is 15.6 Å². The lowest BCUT2D eigenvalue weighted by atomic mass is 9.90. The zero-order valence-corrected chi connectivity index (χ0v) is 17.4. The van der Waals surface area contributed by atoms with Crippen LogP contribution in [0.3, 0.4) is 0 Å². The Labute approximate surface area is 169 Å². The topological polar surface area (TPSA) is 80.3 Å². The first-order valence-electron chi connectivity index (χ1n) is 9.64. The standard InChI is InChI=1S/C21H27N3O3S/c1-13-8-14(2)10-16(9-13)27-11-20-23-19(12-28-20)21(26)24-18-7-5-4-6-17(18)22-15(3)25/h8-10,12,17-18H,4-7,11H2,1-3H3,(H,22,25)(H,24,26)/t17-,18+/m0/s1. The van der Waals surface area contributed by atoms with Crippen LogP contribution < -0.4 is 15.4 Å². The molecule has 1 saturated carbocycles. The number of rotatable bonds is 6. The normalized spacial score (nSPS) is 19.1. The summed E-state index contributed by atoms with van der Waals surface area (Å²) in [5.41, 5.74) is 2.70. The van der Waals surface area contributed by atoms with Crippen LogP contribution in [-0.4, -0.2) is 28.9 Å². The maximum absolute atomic E-state index is 12.6. The summed E-state index contributed by atoms with van der Waals surface area (Å²) in [5, 5.41) is 8.50. The molecule has 1 fully saturated rings. The van der Waals surface area contributed by atoms with Crippen molar-refractivity contribution in [1.29, 1.82) is 0 Å². The van der Waals surface area contributed by atoms with E-state index >= 15 is 0 Å². The summed E-state index contributed by atoms with van der Waals surface area (Å²) < 4.78 is 5.83. The van der Waals surface area contributed by atoms with Crippen molar-refractivity contribution in [2.45, 2.75) is 65.1 Å². The second-order valence-corrected chi connectivity index (χ2v) is 8.35. The number of hydrogen-bond acceptors (Lipinski definition) is 5. The number of aromatic nitrogens is 1. The van der Waals surface area contributed by atoms with Gasteiger partial charge in [0.1, 0.15) is 23.1 Å². The number of nitrogens with zero attached hydrogens (tertiary/aromatic N) is 1. The predicted octanol–water partition coefficient (Wildman–Crippen LogP) is 3.52. The van der Waals surface area contributed by atoms with Gasteiger partial charge in [0.15, 0.2) is 0 Å². The van der Waals surface area contributed by atoms with Crippen LogP contribution >= 0.6 is 11.3 Å². The van der Waals surface area contributed by atoms with E-state index in [9.17, 15) is 9.59 Å². The van der Waals surface area contributed by atoms with Gasteiger partial charge in [-0.25, -0.2) is 4.98 Å². The molecule has 1 aliphatic carbocycles. The van der Waals surface area contributed by atoms with Crippen molar-refractivity contribution >= 4 is 23.2 Å². The highest BCUT2D eigenvalue weighted by molar-refractivity contribution is 7.09. The number of ether oxygens (including phenoxy) is 1. The molecule has 28 heavy (non-hydrogen) atoms. The van der Waals surface area contributed by atoms with E-state index in [1.54, 1.807) is 5.38 Å². The molecule has 0 bridgehead atoms. The molecule has 2 N–H and O–H groups in total. The Kier molecular flexibility index (Phi) is 6.67. The summed E-state index contributed by atoms with van der Waals surface area (Å²) in [7, 11) is 0. The molecule has 0 aliphatic heterocycles. The van der Waals surface area contributed by atoms with Gasteiger partial charge in [0.2, 0.25) is 5.91 Å². The fourth-order valence-electron chi connectivity index (χ4n) is 3.62. The molecule has 3 rings (SSSR count). The first-order valence-corrected chi connectivity index (χ1v) is 10.5. The summed E-state index contributed by atoms with van der Waals surface area (Å²) in [6.45, 7) is 5.91. The lowest BCUT2D eigenvalue weighted by molar-refractivity contribution is -0.120. The van der Waals surface area contributed by atoms with Crippen LogP contribution in [0.1, 0.15) is 59.2 Å². The molecule has 1 aromatic heterocycles. The van der Waals surface area contributed by atoms with Crippen LogP contribution in [0.25, 0.3) is 0 Å². The molecule has 150 valence electrons. The van der Waals surface area contributed by atoms with E-state index in [4.69, 9.17) is 4.74 Å². The SMILES string of the molecule is CC(=O)N[C@H]1CCCC[C@H]1NC(=O)c1csc(COc2cc(C)cc(C)c2)n1. The second kappa shape index (κ2) is 9.19. The summed E-state index contributed by atoms with van der Waals surface area (Å²) in [5.74, 6) is 0.542. The number of amides is 2. The average Bonchev–Trinajstić information content (AvgIpc) is 3.10. The van der Waals surface area contributed by atoms with Gasteiger partial charge in [0, 0.05) is 24.4 Å². The molecule has 0 saturated heterocycles. The van der Waals surface area contributed by atoms with Crippen molar-refractivity contribution in [2.24, 2.45) is 0 Å². The van der Waals surface area contributed by atoms with Crippen LogP contribution in [0.4, 0.5) is 0 Å². The smallest absolute Gasteiger partial charge is 0.271 e. The van der Waals surface area contributed by atoms with Gasteiger partial charge in [-0.3, -0.25) is 9.59 Å². The molecule has 6 nitrogen and oxygen atoms in total. The quantitative estimate of drug-likeness (QED) is 0.776. The minimum Gasteiger partial charge on any atom is -0.486 e. The molecule has 2 amide bonds. The first-order chi connectivity index (χ1) is 13.4. The molecule has 2 atom stereocenters. The zero-order valence-electron chi connectivity index (χ0n) is 16.6. The first kappa shape index (κ1) is 20.3. The van der Waals surface area contributed by atoms with E-state index in [0.717, 1.165) is 47.6 Å². The fraction of sp³-hybridized carbons (Fsp3) is 0.476. The number of hydrogen-bond donors (Lipinski definition) is 2. The second-order valence-electron chi connectivity index (χ2n) is 7.41. The largest absolute Gasteiger partial charge is 0.486 e. The summed E-state index contributed by atoms with van der Waals surface area (Å²) in [6, 6.07) is 6.00. The van der Waals surface area contributed by atoms with E-state index in [0.29, 0.717) is 12.3 Å². The van der Waals surface area contributed by atoms with Gasteiger partial charge in [0.05, 0.1) is 0 Å². The Morgan fingerprint density at radius 3 is 2.39 bits per heavy atom. The van der Waals surface area contributed by atoms with Crippen molar-refractivity contribution in [3.8, 4) is 5.75 Å². The van der Waals surface area contributed by atoms with Gasteiger partial charge in [-0.05, 0) is 49.9 Å². The summed E-state index contributed by atoms with van der Waals surface area (Å²) in [4.78, 5) is 28.4. The van der Waals surface area contributed by atoms with Crippen molar-refractivity contribution in [3.05, 3.63) is 45.4 Å². The van der Waals surface area contributed by atoms with Crippen LogP contribution in [-0.2, 0) is 11.4 Å². The minimum atomic E-state index is -0.198. The van der Waals surface area contributed by atoms with Gasteiger partial charge in [-0.1, -0.05) is 18.9 Å². The third-order valence-corrected chi connectivity index (χ3v) is 5.64. The Hall–Kier alpha value is -2.41. The Morgan fingerprint density at radius 1 is 1.11 bits per heavy atom. The molecule has 0 unspecified atom stereocenters. The highest BCUT2D eigenvalue weighted by atomic mass is 32.1. The van der Waals surface area contributed by atoms with Gasteiger partial charge in [-0.2, -0.15) is 0 Å². The molecule has 0 radical (unpaired) electrons. The van der Waals surface area contributed by atoms with Crippen molar-refractivity contribution in [2.75, 3.05) is 0 Å². The number of aryl methyl sites for hydroxylation is 2. The Balaban J connectivity index is 1.58. The van der Waals surface area contributed by atoms with E-state index in [-0.39, 0.29) is 23.9 Å². The molecule has 7 heteroatoms. The van der Waals surface area contributed by atoms with Gasteiger partial charge in [-0.15, -0.1) is 11.3 Å². The highest BCUT2D eigenvalue weighted by Crippen LogP contribution is 2.21.